The Balaban J connectivity index is 2.39. The molecule has 1 fully saturated rings. The van der Waals surface area contributed by atoms with Crippen LogP contribution in [-0.2, 0) is 5.41 Å². The zero-order chi connectivity index (χ0) is 11.9. The van der Waals surface area contributed by atoms with Crippen LogP contribution in [0.25, 0.3) is 0 Å². The Labute approximate surface area is 97.8 Å². The predicted molar refractivity (Wildman–Crippen MR) is 67.0 cm³/mol. The topological polar surface area (TPSA) is 35.2 Å². The summed E-state index contributed by atoms with van der Waals surface area (Å²) in [4.78, 5) is 0. The number of benzene rings is 1. The van der Waals surface area contributed by atoms with Gasteiger partial charge in [0.15, 0.2) is 0 Å². The molecule has 2 nitrogen and oxygen atoms in total. The normalized spacial score (nSPS) is 24.3. The first-order chi connectivity index (χ1) is 7.43. The number of hydrogen-bond acceptors (Lipinski definition) is 2. The highest BCUT2D eigenvalue weighted by Crippen LogP contribution is 2.44. The lowest BCUT2D eigenvalue weighted by Gasteiger charge is -2.21. The monoisotopic (exact) mass is 219 g/mol. The molecule has 88 valence electrons. The summed E-state index contributed by atoms with van der Waals surface area (Å²) in [5, 5.41) is 0. The summed E-state index contributed by atoms with van der Waals surface area (Å²) in [5.41, 5.74) is 8.74. The second kappa shape index (κ2) is 3.77. The van der Waals surface area contributed by atoms with Crippen molar-refractivity contribution >= 4 is 0 Å². The molecule has 2 N–H and O–H groups in total. The van der Waals surface area contributed by atoms with E-state index in [1.807, 2.05) is 0 Å². The van der Waals surface area contributed by atoms with Gasteiger partial charge in [0.2, 0.25) is 0 Å². The van der Waals surface area contributed by atoms with Crippen molar-refractivity contribution < 1.29 is 4.74 Å². The quantitative estimate of drug-likeness (QED) is 0.830. The summed E-state index contributed by atoms with van der Waals surface area (Å²) in [7, 11) is 1.73. The van der Waals surface area contributed by atoms with Gasteiger partial charge in [-0.25, -0.2) is 0 Å². The third kappa shape index (κ3) is 2.07. The molecule has 2 heteroatoms. The maximum Gasteiger partial charge on any atom is 0.122 e. The summed E-state index contributed by atoms with van der Waals surface area (Å²) < 4.78 is 5.41. The van der Waals surface area contributed by atoms with Gasteiger partial charge in [-0.15, -0.1) is 0 Å². The van der Waals surface area contributed by atoms with Crippen molar-refractivity contribution in [2.24, 2.45) is 5.73 Å². The molecule has 1 saturated carbocycles. The highest BCUT2D eigenvalue weighted by atomic mass is 16.5. The molecule has 0 aliphatic heterocycles. The molecule has 1 aliphatic rings. The molecule has 0 heterocycles. The molecule has 2 unspecified atom stereocenters. The van der Waals surface area contributed by atoms with Crippen LogP contribution in [-0.4, -0.2) is 13.2 Å². The Morgan fingerprint density at radius 1 is 1.31 bits per heavy atom. The molecule has 0 aromatic heterocycles. The number of methoxy groups -OCH3 is 1. The standard InChI is InChI=1S/C14H21NO/c1-14(2,3)9-5-6-13(16-4)11(7-9)10-8-12(10)15/h5-7,10,12H,8,15H2,1-4H3. The zero-order valence-electron chi connectivity index (χ0n) is 10.6. The Bertz CT molecular complexity index is 392. The molecule has 0 spiro atoms. The summed E-state index contributed by atoms with van der Waals surface area (Å²) >= 11 is 0. The van der Waals surface area contributed by atoms with Crippen molar-refractivity contribution in [3.05, 3.63) is 29.3 Å². The smallest absolute Gasteiger partial charge is 0.122 e. The van der Waals surface area contributed by atoms with E-state index in [0.717, 1.165) is 12.2 Å². The van der Waals surface area contributed by atoms with Crippen LogP contribution < -0.4 is 10.5 Å². The minimum absolute atomic E-state index is 0.181. The maximum atomic E-state index is 5.93. The zero-order valence-corrected chi connectivity index (χ0v) is 10.6. The fraction of sp³-hybridized carbons (Fsp3) is 0.571. The lowest BCUT2D eigenvalue weighted by atomic mass is 9.85. The van der Waals surface area contributed by atoms with Crippen molar-refractivity contribution in [1.82, 2.24) is 0 Å². The fourth-order valence-electron chi connectivity index (χ4n) is 2.06. The Morgan fingerprint density at radius 3 is 2.38 bits per heavy atom. The lowest BCUT2D eigenvalue weighted by molar-refractivity contribution is 0.409. The van der Waals surface area contributed by atoms with Crippen LogP contribution in [0, 0.1) is 0 Å². The Hall–Kier alpha value is -1.02. The van der Waals surface area contributed by atoms with Crippen LogP contribution in [0.15, 0.2) is 18.2 Å². The molecule has 2 atom stereocenters. The molecule has 16 heavy (non-hydrogen) atoms. The third-order valence-corrected chi connectivity index (χ3v) is 3.33. The lowest BCUT2D eigenvalue weighted by Crippen LogP contribution is -2.12. The van der Waals surface area contributed by atoms with Crippen LogP contribution in [0.5, 0.6) is 5.75 Å². The number of hydrogen-bond donors (Lipinski definition) is 1. The van der Waals surface area contributed by atoms with E-state index >= 15 is 0 Å². The van der Waals surface area contributed by atoms with Gasteiger partial charge in [0.05, 0.1) is 7.11 Å². The summed E-state index contributed by atoms with van der Waals surface area (Å²) in [6.07, 6.45) is 1.09. The van der Waals surface area contributed by atoms with E-state index in [2.05, 4.69) is 39.0 Å². The molecule has 2 rings (SSSR count). The molecular formula is C14H21NO. The van der Waals surface area contributed by atoms with Gasteiger partial charge in [0.1, 0.15) is 5.75 Å². The van der Waals surface area contributed by atoms with Crippen molar-refractivity contribution in [3.63, 3.8) is 0 Å². The van der Waals surface area contributed by atoms with E-state index in [0.29, 0.717) is 12.0 Å². The van der Waals surface area contributed by atoms with Gasteiger partial charge >= 0.3 is 0 Å². The Kier molecular flexibility index (Phi) is 2.70. The first-order valence-corrected chi connectivity index (χ1v) is 5.87. The minimum atomic E-state index is 0.181. The van der Waals surface area contributed by atoms with Gasteiger partial charge in [-0.2, -0.15) is 0 Å². The molecule has 0 saturated heterocycles. The number of rotatable bonds is 2. The first-order valence-electron chi connectivity index (χ1n) is 5.87. The van der Waals surface area contributed by atoms with E-state index < -0.39 is 0 Å². The molecule has 1 aromatic carbocycles. The summed E-state index contributed by atoms with van der Waals surface area (Å²) in [5.74, 6) is 1.48. The van der Waals surface area contributed by atoms with E-state index in [-0.39, 0.29) is 5.41 Å². The highest BCUT2D eigenvalue weighted by Gasteiger charge is 2.37. The SMILES string of the molecule is COc1ccc(C(C)(C)C)cc1C1CC1N. The second-order valence-corrected chi connectivity index (χ2v) is 5.71. The van der Waals surface area contributed by atoms with Gasteiger partial charge in [-0.3, -0.25) is 0 Å². The second-order valence-electron chi connectivity index (χ2n) is 5.71. The van der Waals surface area contributed by atoms with E-state index in [1.54, 1.807) is 7.11 Å². The van der Waals surface area contributed by atoms with E-state index in [9.17, 15) is 0 Å². The molecular weight excluding hydrogens is 198 g/mol. The molecule has 0 bridgehead atoms. The van der Waals surface area contributed by atoms with Crippen molar-refractivity contribution in [3.8, 4) is 5.75 Å². The largest absolute Gasteiger partial charge is 0.496 e. The van der Waals surface area contributed by atoms with Crippen LogP contribution >= 0.6 is 0 Å². The molecule has 1 aliphatic carbocycles. The van der Waals surface area contributed by atoms with Gasteiger partial charge in [-0.1, -0.05) is 32.9 Å². The maximum absolute atomic E-state index is 5.93. The average Bonchev–Trinajstić information content (AvgIpc) is 2.93. The molecule has 0 amide bonds. The van der Waals surface area contributed by atoms with E-state index in [4.69, 9.17) is 10.5 Å². The van der Waals surface area contributed by atoms with Crippen LogP contribution in [0.1, 0.15) is 44.2 Å². The van der Waals surface area contributed by atoms with Crippen LogP contribution in [0.4, 0.5) is 0 Å². The number of nitrogens with two attached hydrogens (primary N) is 1. The first kappa shape index (κ1) is 11.5. The van der Waals surface area contributed by atoms with Gasteiger partial charge in [-0.05, 0) is 29.0 Å². The van der Waals surface area contributed by atoms with Crippen LogP contribution in [0.2, 0.25) is 0 Å². The Morgan fingerprint density at radius 2 is 1.94 bits per heavy atom. The van der Waals surface area contributed by atoms with Crippen molar-refractivity contribution in [2.75, 3.05) is 7.11 Å². The van der Waals surface area contributed by atoms with Gasteiger partial charge in [0, 0.05) is 12.0 Å². The van der Waals surface area contributed by atoms with Crippen molar-refractivity contribution in [2.45, 2.75) is 44.6 Å². The molecule has 1 aromatic rings. The summed E-state index contributed by atoms with van der Waals surface area (Å²) in [6.45, 7) is 6.68. The third-order valence-electron chi connectivity index (χ3n) is 3.33. The van der Waals surface area contributed by atoms with Crippen LogP contribution in [0.3, 0.4) is 0 Å². The summed E-state index contributed by atoms with van der Waals surface area (Å²) in [6, 6.07) is 6.80. The molecule has 0 radical (unpaired) electrons. The predicted octanol–water partition coefficient (Wildman–Crippen LogP) is 2.81. The van der Waals surface area contributed by atoms with E-state index in [1.165, 1.54) is 11.1 Å². The minimum Gasteiger partial charge on any atom is -0.496 e. The fourth-order valence-corrected chi connectivity index (χ4v) is 2.06. The highest BCUT2D eigenvalue weighted by molar-refractivity contribution is 5.45. The van der Waals surface area contributed by atoms with Gasteiger partial charge in [0.25, 0.3) is 0 Å². The number of ether oxygens (including phenoxy) is 1. The average molecular weight is 219 g/mol. The van der Waals surface area contributed by atoms with Gasteiger partial charge < -0.3 is 10.5 Å². The van der Waals surface area contributed by atoms with Crippen molar-refractivity contribution in [1.29, 1.82) is 0 Å².